The zero-order valence-corrected chi connectivity index (χ0v) is 8.54. The molecular weight excluding hydrogens is 166 g/mol. The highest BCUT2D eigenvalue weighted by molar-refractivity contribution is 5.82. The molecule has 0 unspecified atom stereocenters. The smallest absolute Gasteiger partial charge is 0.228 e. The van der Waals surface area contributed by atoms with Crippen molar-refractivity contribution in [2.75, 3.05) is 13.2 Å². The van der Waals surface area contributed by atoms with E-state index in [1.165, 1.54) is 0 Å². The molecule has 0 aromatic carbocycles. The van der Waals surface area contributed by atoms with Crippen molar-refractivity contribution in [1.82, 2.24) is 4.90 Å². The van der Waals surface area contributed by atoms with Gasteiger partial charge in [0.1, 0.15) is 0 Å². The minimum absolute atomic E-state index is 0.246. The lowest BCUT2D eigenvalue weighted by molar-refractivity contribution is -0.144. The molecule has 2 atom stereocenters. The Morgan fingerprint density at radius 3 is 2.77 bits per heavy atom. The number of nitrogens with zero attached hydrogens (tertiary/aromatic N) is 1. The molecule has 0 N–H and O–H groups in total. The van der Waals surface area contributed by atoms with Crippen molar-refractivity contribution in [3.8, 4) is 0 Å². The minimum atomic E-state index is -0.246. The highest BCUT2D eigenvalue weighted by Gasteiger charge is 2.49. The van der Waals surface area contributed by atoms with Gasteiger partial charge in [0.25, 0.3) is 0 Å². The third-order valence-electron chi connectivity index (χ3n) is 2.67. The Morgan fingerprint density at radius 2 is 2.15 bits per heavy atom. The molecule has 13 heavy (non-hydrogen) atoms. The molecule has 3 heteroatoms. The maximum Gasteiger partial charge on any atom is 0.228 e. The number of hydrogen-bond donors (Lipinski definition) is 0. The second kappa shape index (κ2) is 2.71. The molecule has 1 amide bonds. The van der Waals surface area contributed by atoms with Crippen LogP contribution in [0.2, 0.25) is 0 Å². The zero-order chi connectivity index (χ0) is 9.64. The van der Waals surface area contributed by atoms with E-state index in [1.807, 2.05) is 25.7 Å². The van der Waals surface area contributed by atoms with Crippen LogP contribution in [0.25, 0.3) is 0 Å². The van der Waals surface area contributed by atoms with Crippen LogP contribution in [0, 0.1) is 5.41 Å². The van der Waals surface area contributed by atoms with E-state index in [0.29, 0.717) is 18.8 Å². The Kier molecular flexibility index (Phi) is 1.88. The number of ether oxygens (including phenoxy) is 1. The van der Waals surface area contributed by atoms with Crippen LogP contribution in [0.15, 0.2) is 0 Å². The summed E-state index contributed by atoms with van der Waals surface area (Å²) >= 11 is 0. The van der Waals surface area contributed by atoms with Crippen LogP contribution in [0.1, 0.15) is 27.2 Å². The van der Waals surface area contributed by atoms with Gasteiger partial charge in [-0.2, -0.15) is 0 Å². The van der Waals surface area contributed by atoms with Gasteiger partial charge in [0.2, 0.25) is 5.91 Å². The number of fused-ring (bicyclic) bond motifs is 1. The first-order valence-electron chi connectivity index (χ1n) is 4.93. The number of morpholine rings is 1. The molecule has 1 aliphatic carbocycles. The Morgan fingerprint density at radius 1 is 1.46 bits per heavy atom. The standard InChI is InChI=1S/C10H17NO2/c1-10(2,3)9(12)11-4-5-13-8-6-7(8)11/h7-8H,4-6H2,1-3H3/t7-,8+/m0/s1. The fourth-order valence-electron chi connectivity index (χ4n) is 1.82. The number of carbonyl (C=O) groups excluding carboxylic acids is 1. The van der Waals surface area contributed by atoms with Crippen molar-refractivity contribution in [2.45, 2.75) is 39.3 Å². The Labute approximate surface area is 79.0 Å². The summed E-state index contributed by atoms with van der Waals surface area (Å²) in [5, 5.41) is 0. The lowest BCUT2D eigenvalue weighted by atomic mass is 9.94. The van der Waals surface area contributed by atoms with Gasteiger partial charge in [0, 0.05) is 12.0 Å². The summed E-state index contributed by atoms with van der Waals surface area (Å²) < 4.78 is 5.45. The number of amides is 1. The number of hydrogen-bond acceptors (Lipinski definition) is 2. The monoisotopic (exact) mass is 183 g/mol. The molecule has 1 saturated heterocycles. The molecule has 1 heterocycles. The second-order valence-corrected chi connectivity index (χ2v) is 4.96. The zero-order valence-electron chi connectivity index (χ0n) is 8.54. The van der Waals surface area contributed by atoms with E-state index in [9.17, 15) is 4.79 Å². The van der Waals surface area contributed by atoms with E-state index in [4.69, 9.17) is 4.74 Å². The van der Waals surface area contributed by atoms with E-state index >= 15 is 0 Å². The lowest BCUT2D eigenvalue weighted by Gasteiger charge is -2.32. The van der Waals surface area contributed by atoms with Crippen LogP contribution < -0.4 is 0 Å². The van der Waals surface area contributed by atoms with Gasteiger partial charge >= 0.3 is 0 Å². The molecule has 0 radical (unpaired) electrons. The van der Waals surface area contributed by atoms with Gasteiger partial charge in [-0.1, -0.05) is 20.8 Å². The first-order chi connectivity index (χ1) is 6.00. The minimum Gasteiger partial charge on any atom is -0.374 e. The van der Waals surface area contributed by atoms with E-state index in [0.717, 1.165) is 13.0 Å². The van der Waals surface area contributed by atoms with Crippen LogP contribution in [0.5, 0.6) is 0 Å². The third kappa shape index (κ3) is 1.57. The van der Waals surface area contributed by atoms with E-state index in [2.05, 4.69) is 0 Å². The summed E-state index contributed by atoms with van der Waals surface area (Å²) in [6, 6.07) is 0.389. The summed E-state index contributed by atoms with van der Waals surface area (Å²) in [4.78, 5) is 13.9. The third-order valence-corrected chi connectivity index (χ3v) is 2.67. The van der Waals surface area contributed by atoms with Crippen LogP contribution in [0.3, 0.4) is 0 Å². The molecule has 74 valence electrons. The molecule has 0 aromatic heterocycles. The molecule has 1 aliphatic heterocycles. The average molecular weight is 183 g/mol. The quantitative estimate of drug-likeness (QED) is 0.561. The van der Waals surface area contributed by atoms with E-state index < -0.39 is 0 Å². The second-order valence-electron chi connectivity index (χ2n) is 4.96. The van der Waals surface area contributed by atoms with Crippen molar-refractivity contribution in [3.05, 3.63) is 0 Å². The van der Waals surface area contributed by atoms with Crippen molar-refractivity contribution in [3.63, 3.8) is 0 Å². The van der Waals surface area contributed by atoms with Gasteiger partial charge in [0.15, 0.2) is 0 Å². The number of carbonyl (C=O) groups is 1. The fraction of sp³-hybridized carbons (Fsp3) is 0.900. The predicted octanol–water partition coefficient (Wildman–Crippen LogP) is 1.03. The van der Waals surface area contributed by atoms with Gasteiger partial charge in [-0.05, 0) is 6.42 Å². The van der Waals surface area contributed by atoms with E-state index in [1.54, 1.807) is 0 Å². The first kappa shape index (κ1) is 9.00. The van der Waals surface area contributed by atoms with Crippen molar-refractivity contribution in [1.29, 1.82) is 0 Å². The van der Waals surface area contributed by atoms with Gasteiger partial charge < -0.3 is 9.64 Å². The molecule has 0 spiro atoms. The topological polar surface area (TPSA) is 29.5 Å². The van der Waals surface area contributed by atoms with Crippen LogP contribution >= 0.6 is 0 Å². The molecule has 2 fully saturated rings. The Balaban J connectivity index is 2.04. The summed E-state index contributed by atoms with van der Waals surface area (Å²) in [5.41, 5.74) is -0.246. The summed E-state index contributed by atoms with van der Waals surface area (Å²) in [7, 11) is 0. The molecule has 3 nitrogen and oxygen atoms in total. The SMILES string of the molecule is CC(C)(C)C(=O)N1CCO[C@@H]2C[C@@H]21. The Hall–Kier alpha value is -0.570. The van der Waals surface area contributed by atoms with Gasteiger partial charge in [-0.25, -0.2) is 0 Å². The molecule has 2 aliphatic rings. The van der Waals surface area contributed by atoms with Crippen molar-refractivity contribution in [2.24, 2.45) is 5.41 Å². The molecule has 1 saturated carbocycles. The average Bonchev–Trinajstić information content (AvgIpc) is 2.78. The highest BCUT2D eigenvalue weighted by Crippen LogP contribution is 2.36. The number of rotatable bonds is 0. The summed E-state index contributed by atoms with van der Waals surface area (Å²) in [5.74, 6) is 0.267. The van der Waals surface area contributed by atoms with Crippen LogP contribution in [0.4, 0.5) is 0 Å². The molecule has 0 bridgehead atoms. The highest BCUT2D eigenvalue weighted by atomic mass is 16.5. The Bertz CT molecular complexity index is 232. The fourth-order valence-corrected chi connectivity index (χ4v) is 1.82. The largest absolute Gasteiger partial charge is 0.374 e. The van der Waals surface area contributed by atoms with Gasteiger partial charge in [-0.3, -0.25) is 4.79 Å². The molecule has 2 rings (SSSR count). The van der Waals surface area contributed by atoms with Crippen LogP contribution in [-0.4, -0.2) is 36.1 Å². The first-order valence-corrected chi connectivity index (χ1v) is 4.93. The predicted molar refractivity (Wildman–Crippen MR) is 49.3 cm³/mol. The maximum atomic E-state index is 11.9. The van der Waals surface area contributed by atoms with Gasteiger partial charge in [0.05, 0.1) is 18.8 Å². The molecular formula is C10H17NO2. The molecule has 0 aromatic rings. The maximum absolute atomic E-state index is 11.9. The summed E-state index contributed by atoms with van der Waals surface area (Å²) in [6.07, 6.45) is 1.39. The summed E-state index contributed by atoms with van der Waals surface area (Å²) in [6.45, 7) is 7.41. The lowest BCUT2D eigenvalue weighted by Crippen LogP contribution is -2.46. The van der Waals surface area contributed by atoms with Crippen molar-refractivity contribution >= 4 is 5.91 Å². The van der Waals surface area contributed by atoms with Crippen LogP contribution in [-0.2, 0) is 9.53 Å². The van der Waals surface area contributed by atoms with Crippen molar-refractivity contribution < 1.29 is 9.53 Å². The van der Waals surface area contributed by atoms with E-state index in [-0.39, 0.29) is 11.3 Å². The normalized spacial score (nSPS) is 32.7. The van der Waals surface area contributed by atoms with Gasteiger partial charge in [-0.15, -0.1) is 0 Å².